The molecule has 0 heterocycles. The van der Waals surface area contributed by atoms with E-state index in [1.165, 1.54) is 6.08 Å². The van der Waals surface area contributed by atoms with Crippen molar-refractivity contribution in [3.05, 3.63) is 64.7 Å². The van der Waals surface area contributed by atoms with Gasteiger partial charge in [0.05, 0.1) is 6.61 Å². The lowest BCUT2D eigenvalue weighted by Crippen LogP contribution is -2.09. The normalized spacial score (nSPS) is 10.8. The van der Waals surface area contributed by atoms with E-state index in [0.717, 1.165) is 29.7 Å². The zero-order valence-corrected chi connectivity index (χ0v) is 14.8. The predicted octanol–water partition coefficient (Wildman–Crippen LogP) is 5.48. The van der Waals surface area contributed by atoms with Crippen molar-refractivity contribution in [2.45, 2.75) is 26.7 Å². The van der Waals surface area contributed by atoms with Crippen molar-refractivity contribution >= 4 is 29.3 Å². The van der Waals surface area contributed by atoms with Gasteiger partial charge in [-0.05, 0) is 43.2 Å². The molecule has 126 valence electrons. The topological polar surface area (TPSA) is 38.3 Å². The van der Waals surface area contributed by atoms with Gasteiger partial charge in [-0.25, -0.2) is 0 Å². The molecule has 0 atom stereocenters. The summed E-state index contributed by atoms with van der Waals surface area (Å²) in [6.07, 6.45) is 5.35. The number of rotatable bonds is 7. The zero-order chi connectivity index (χ0) is 17.4. The molecule has 2 rings (SSSR count). The molecule has 0 bridgehead atoms. The molecule has 0 saturated carbocycles. The fourth-order valence-corrected chi connectivity index (χ4v) is 2.33. The van der Waals surface area contributed by atoms with Gasteiger partial charge in [0.15, 0.2) is 0 Å². The van der Waals surface area contributed by atoms with Crippen LogP contribution in [0.3, 0.4) is 0 Å². The van der Waals surface area contributed by atoms with Crippen LogP contribution >= 0.6 is 11.6 Å². The first kappa shape index (κ1) is 18.1. The van der Waals surface area contributed by atoms with Crippen molar-refractivity contribution in [2.75, 3.05) is 11.9 Å². The summed E-state index contributed by atoms with van der Waals surface area (Å²) in [6.45, 7) is 4.67. The molecule has 1 N–H and O–H groups in total. The summed E-state index contributed by atoms with van der Waals surface area (Å²) in [6, 6.07) is 13.1. The summed E-state index contributed by atoms with van der Waals surface area (Å²) in [5.41, 5.74) is 2.44. The summed E-state index contributed by atoms with van der Waals surface area (Å²) < 4.78 is 5.76. The molecule has 0 saturated heterocycles. The van der Waals surface area contributed by atoms with Crippen LogP contribution in [0.2, 0.25) is 5.02 Å². The standard InChI is InChI=1S/C20H22ClNO2/c1-3-4-14-24-19-11-6-5-8-16(19)12-13-20(23)22-18-10-7-9-17(21)15(18)2/h5-13H,3-4,14H2,1-2H3,(H,22,23). The van der Waals surface area contributed by atoms with Crippen LogP contribution in [0, 0.1) is 6.92 Å². The van der Waals surface area contributed by atoms with E-state index in [0.29, 0.717) is 17.3 Å². The Morgan fingerprint density at radius 2 is 2.00 bits per heavy atom. The van der Waals surface area contributed by atoms with Gasteiger partial charge in [-0.1, -0.05) is 49.2 Å². The van der Waals surface area contributed by atoms with E-state index < -0.39 is 0 Å². The summed E-state index contributed by atoms with van der Waals surface area (Å²) in [5.74, 6) is 0.581. The van der Waals surface area contributed by atoms with Crippen LogP contribution in [0.25, 0.3) is 6.08 Å². The van der Waals surface area contributed by atoms with E-state index >= 15 is 0 Å². The number of anilines is 1. The first-order valence-electron chi connectivity index (χ1n) is 8.08. The van der Waals surface area contributed by atoms with Crippen LogP contribution in [0.4, 0.5) is 5.69 Å². The molecule has 1 amide bonds. The van der Waals surface area contributed by atoms with Gasteiger partial charge >= 0.3 is 0 Å². The Bertz CT molecular complexity index is 725. The number of amides is 1. The lowest BCUT2D eigenvalue weighted by atomic mass is 10.1. The number of ether oxygens (including phenoxy) is 1. The minimum Gasteiger partial charge on any atom is -0.493 e. The molecule has 0 aliphatic heterocycles. The number of nitrogens with one attached hydrogen (secondary N) is 1. The molecular weight excluding hydrogens is 322 g/mol. The second-order valence-electron chi connectivity index (χ2n) is 5.47. The highest BCUT2D eigenvalue weighted by Gasteiger charge is 2.05. The molecule has 0 fully saturated rings. The quantitative estimate of drug-likeness (QED) is 0.534. The van der Waals surface area contributed by atoms with Gasteiger partial charge in [0, 0.05) is 22.3 Å². The third-order valence-electron chi connectivity index (χ3n) is 3.61. The third-order valence-corrected chi connectivity index (χ3v) is 4.02. The molecule has 0 spiro atoms. The van der Waals surface area contributed by atoms with Crippen molar-refractivity contribution in [1.29, 1.82) is 0 Å². The number of carbonyl (C=O) groups is 1. The SMILES string of the molecule is CCCCOc1ccccc1C=CC(=O)Nc1cccc(Cl)c1C. The molecule has 0 aromatic heterocycles. The predicted molar refractivity (Wildman–Crippen MR) is 101 cm³/mol. The van der Waals surface area contributed by atoms with Gasteiger partial charge in [0.1, 0.15) is 5.75 Å². The fraction of sp³-hybridized carbons (Fsp3) is 0.250. The number of para-hydroxylation sites is 1. The number of hydrogen-bond acceptors (Lipinski definition) is 2. The van der Waals surface area contributed by atoms with E-state index in [2.05, 4.69) is 12.2 Å². The molecule has 0 radical (unpaired) electrons. The summed E-state index contributed by atoms with van der Waals surface area (Å²) in [7, 11) is 0. The highest BCUT2D eigenvalue weighted by molar-refractivity contribution is 6.31. The second-order valence-corrected chi connectivity index (χ2v) is 5.88. The van der Waals surface area contributed by atoms with Crippen LogP contribution in [0.15, 0.2) is 48.5 Å². The molecule has 2 aromatic rings. The Morgan fingerprint density at radius 3 is 2.79 bits per heavy atom. The molecule has 24 heavy (non-hydrogen) atoms. The molecule has 0 unspecified atom stereocenters. The highest BCUT2D eigenvalue weighted by Crippen LogP contribution is 2.23. The highest BCUT2D eigenvalue weighted by atomic mass is 35.5. The number of unbranched alkanes of at least 4 members (excludes halogenated alkanes) is 1. The van der Waals surface area contributed by atoms with Crippen LogP contribution in [0.1, 0.15) is 30.9 Å². The average molecular weight is 344 g/mol. The molecular formula is C20H22ClNO2. The van der Waals surface area contributed by atoms with Crippen LogP contribution in [0.5, 0.6) is 5.75 Å². The van der Waals surface area contributed by atoms with Crippen molar-refractivity contribution in [3.8, 4) is 5.75 Å². The van der Waals surface area contributed by atoms with E-state index in [9.17, 15) is 4.79 Å². The number of carbonyl (C=O) groups excluding carboxylic acids is 1. The molecule has 0 aliphatic carbocycles. The number of benzene rings is 2. The van der Waals surface area contributed by atoms with Gasteiger partial charge in [0.25, 0.3) is 0 Å². The lowest BCUT2D eigenvalue weighted by Gasteiger charge is -2.09. The van der Waals surface area contributed by atoms with Crippen molar-refractivity contribution in [3.63, 3.8) is 0 Å². The Morgan fingerprint density at radius 1 is 1.21 bits per heavy atom. The summed E-state index contributed by atoms with van der Waals surface area (Å²) in [5, 5.41) is 3.47. The van der Waals surface area contributed by atoms with Crippen molar-refractivity contribution < 1.29 is 9.53 Å². The molecule has 2 aromatic carbocycles. The second kappa shape index (κ2) is 9.14. The minimum atomic E-state index is -0.205. The fourth-order valence-electron chi connectivity index (χ4n) is 2.16. The smallest absolute Gasteiger partial charge is 0.248 e. The first-order valence-corrected chi connectivity index (χ1v) is 8.45. The van der Waals surface area contributed by atoms with E-state index in [-0.39, 0.29) is 5.91 Å². The molecule has 0 aliphatic rings. The number of hydrogen-bond donors (Lipinski definition) is 1. The van der Waals surface area contributed by atoms with Gasteiger partial charge in [-0.3, -0.25) is 4.79 Å². The Labute approximate surface area is 148 Å². The Kier molecular flexibility index (Phi) is 6.89. The van der Waals surface area contributed by atoms with Crippen LogP contribution in [-0.2, 0) is 4.79 Å². The lowest BCUT2D eigenvalue weighted by molar-refractivity contribution is -0.111. The van der Waals surface area contributed by atoms with E-state index in [4.69, 9.17) is 16.3 Å². The van der Waals surface area contributed by atoms with Gasteiger partial charge in [0.2, 0.25) is 5.91 Å². The van der Waals surface area contributed by atoms with Crippen LogP contribution in [-0.4, -0.2) is 12.5 Å². The molecule has 3 nitrogen and oxygen atoms in total. The summed E-state index contributed by atoms with van der Waals surface area (Å²) in [4.78, 5) is 12.1. The van der Waals surface area contributed by atoms with Gasteiger partial charge in [-0.15, -0.1) is 0 Å². The summed E-state index contributed by atoms with van der Waals surface area (Å²) >= 11 is 6.07. The van der Waals surface area contributed by atoms with Gasteiger partial charge < -0.3 is 10.1 Å². The van der Waals surface area contributed by atoms with E-state index in [1.54, 1.807) is 12.1 Å². The maximum atomic E-state index is 12.1. The van der Waals surface area contributed by atoms with Crippen molar-refractivity contribution in [2.24, 2.45) is 0 Å². The largest absolute Gasteiger partial charge is 0.493 e. The van der Waals surface area contributed by atoms with Gasteiger partial charge in [-0.2, -0.15) is 0 Å². The Hall–Kier alpha value is -2.26. The number of halogens is 1. The molecule has 4 heteroatoms. The maximum Gasteiger partial charge on any atom is 0.248 e. The maximum absolute atomic E-state index is 12.1. The Balaban J connectivity index is 2.05. The third kappa shape index (κ3) is 5.14. The average Bonchev–Trinajstić information content (AvgIpc) is 2.58. The zero-order valence-electron chi connectivity index (χ0n) is 14.0. The first-order chi connectivity index (χ1) is 11.6. The van der Waals surface area contributed by atoms with Crippen LogP contribution < -0.4 is 10.1 Å². The van der Waals surface area contributed by atoms with Crippen molar-refractivity contribution in [1.82, 2.24) is 0 Å². The minimum absolute atomic E-state index is 0.205. The van der Waals surface area contributed by atoms with E-state index in [1.807, 2.05) is 43.3 Å². The monoisotopic (exact) mass is 343 g/mol.